The molecule has 2 aromatic heterocycles. The molecule has 0 fully saturated rings. The number of hydrogen-bond acceptors (Lipinski definition) is 4. The molecular formula is C16H19N5. The number of benzene rings is 1. The Hall–Kier alpha value is -2.43. The number of anilines is 1. The Labute approximate surface area is 124 Å². The van der Waals surface area contributed by atoms with Crippen LogP contribution in [0.3, 0.4) is 0 Å². The quantitative estimate of drug-likeness (QED) is 0.781. The van der Waals surface area contributed by atoms with E-state index in [2.05, 4.69) is 57.6 Å². The molecule has 0 radical (unpaired) electrons. The van der Waals surface area contributed by atoms with Crippen LogP contribution in [-0.4, -0.2) is 26.3 Å². The van der Waals surface area contributed by atoms with Gasteiger partial charge < -0.3 is 5.32 Å². The van der Waals surface area contributed by atoms with Gasteiger partial charge in [-0.1, -0.05) is 37.3 Å². The molecule has 21 heavy (non-hydrogen) atoms. The van der Waals surface area contributed by atoms with Crippen molar-refractivity contribution in [2.24, 2.45) is 7.05 Å². The number of fused-ring (bicyclic) bond motifs is 1. The maximum Gasteiger partial charge on any atom is 0.163 e. The lowest BCUT2D eigenvalue weighted by Crippen LogP contribution is -2.07. The van der Waals surface area contributed by atoms with Crippen molar-refractivity contribution < 1.29 is 0 Å². The third-order valence-electron chi connectivity index (χ3n) is 3.77. The predicted octanol–water partition coefficient (Wildman–Crippen LogP) is 2.97. The summed E-state index contributed by atoms with van der Waals surface area (Å²) in [6.45, 7) is 3.12. The molecule has 1 atom stereocenters. The standard InChI is InChI=1S/C16H19N5/c1-12(13-6-4-3-5-7-13)8-9-17-15-14-10-20-21(2)16(14)19-11-18-15/h3-7,10-12H,8-9H2,1-2H3,(H,17,18,19). The van der Waals surface area contributed by atoms with Crippen molar-refractivity contribution in [3.63, 3.8) is 0 Å². The summed E-state index contributed by atoms with van der Waals surface area (Å²) in [5.41, 5.74) is 2.22. The number of aryl methyl sites for hydroxylation is 1. The van der Waals surface area contributed by atoms with Crippen LogP contribution in [0.2, 0.25) is 0 Å². The molecule has 1 unspecified atom stereocenters. The van der Waals surface area contributed by atoms with E-state index in [-0.39, 0.29) is 0 Å². The highest BCUT2D eigenvalue weighted by molar-refractivity contribution is 5.85. The lowest BCUT2D eigenvalue weighted by molar-refractivity contribution is 0.705. The Morgan fingerprint density at radius 2 is 2.00 bits per heavy atom. The highest BCUT2D eigenvalue weighted by atomic mass is 15.3. The molecule has 0 aliphatic rings. The van der Waals surface area contributed by atoms with Gasteiger partial charge in [-0.25, -0.2) is 9.97 Å². The van der Waals surface area contributed by atoms with Gasteiger partial charge in [-0.3, -0.25) is 4.68 Å². The fourth-order valence-electron chi connectivity index (χ4n) is 2.46. The largest absolute Gasteiger partial charge is 0.369 e. The molecule has 0 aliphatic heterocycles. The second-order valence-corrected chi connectivity index (χ2v) is 5.25. The first-order valence-corrected chi connectivity index (χ1v) is 7.17. The zero-order chi connectivity index (χ0) is 14.7. The van der Waals surface area contributed by atoms with Crippen LogP contribution in [0.1, 0.15) is 24.8 Å². The number of nitrogens with zero attached hydrogens (tertiary/aromatic N) is 4. The maximum absolute atomic E-state index is 4.31. The zero-order valence-electron chi connectivity index (χ0n) is 12.3. The summed E-state index contributed by atoms with van der Waals surface area (Å²) in [6.07, 6.45) is 4.43. The number of aromatic nitrogens is 4. The highest BCUT2D eigenvalue weighted by Gasteiger charge is 2.08. The molecule has 3 rings (SSSR count). The average Bonchev–Trinajstić information content (AvgIpc) is 2.91. The zero-order valence-corrected chi connectivity index (χ0v) is 12.3. The molecule has 5 heteroatoms. The van der Waals surface area contributed by atoms with Crippen LogP contribution in [0.4, 0.5) is 5.82 Å². The van der Waals surface area contributed by atoms with Gasteiger partial charge >= 0.3 is 0 Å². The van der Waals surface area contributed by atoms with Crippen molar-refractivity contribution in [1.29, 1.82) is 0 Å². The first kappa shape index (κ1) is 13.5. The Kier molecular flexibility index (Phi) is 3.81. The SMILES string of the molecule is CC(CCNc1ncnc2c1cnn2C)c1ccccc1. The van der Waals surface area contributed by atoms with E-state index >= 15 is 0 Å². The van der Waals surface area contributed by atoms with Gasteiger partial charge in [-0.2, -0.15) is 5.10 Å². The van der Waals surface area contributed by atoms with Gasteiger partial charge in [0.05, 0.1) is 11.6 Å². The molecule has 0 bridgehead atoms. The average molecular weight is 281 g/mol. The first-order valence-electron chi connectivity index (χ1n) is 7.17. The van der Waals surface area contributed by atoms with Gasteiger partial charge in [-0.05, 0) is 17.9 Å². The van der Waals surface area contributed by atoms with E-state index in [0.29, 0.717) is 5.92 Å². The Balaban J connectivity index is 1.65. The fraction of sp³-hybridized carbons (Fsp3) is 0.312. The van der Waals surface area contributed by atoms with Crippen LogP contribution >= 0.6 is 0 Å². The van der Waals surface area contributed by atoms with E-state index < -0.39 is 0 Å². The monoisotopic (exact) mass is 281 g/mol. The predicted molar refractivity (Wildman–Crippen MR) is 84.3 cm³/mol. The maximum atomic E-state index is 4.31. The normalized spacial score (nSPS) is 12.5. The first-order chi connectivity index (χ1) is 10.3. The molecule has 0 saturated carbocycles. The van der Waals surface area contributed by atoms with Crippen molar-refractivity contribution in [3.8, 4) is 0 Å². The molecular weight excluding hydrogens is 262 g/mol. The molecule has 1 aromatic carbocycles. The van der Waals surface area contributed by atoms with Crippen LogP contribution in [0.5, 0.6) is 0 Å². The van der Waals surface area contributed by atoms with Crippen molar-refractivity contribution in [2.75, 3.05) is 11.9 Å². The third-order valence-corrected chi connectivity index (χ3v) is 3.77. The van der Waals surface area contributed by atoms with E-state index in [1.54, 1.807) is 17.2 Å². The van der Waals surface area contributed by atoms with Crippen molar-refractivity contribution in [3.05, 3.63) is 48.4 Å². The molecule has 0 saturated heterocycles. The molecule has 1 N–H and O–H groups in total. The molecule has 0 aliphatic carbocycles. The van der Waals surface area contributed by atoms with E-state index in [1.165, 1.54) is 5.56 Å². The lowest BCUT2D eigenvalue weighted by atomic mass is 9.98. The molecule has 108 valence electrons. The second kappa shape index (κ2) is 5.91. The highest BCUT2D eigenvalue weighted by Crippen LogP contribution is 2.20. The van der Waals surface area contributed by atoms with E-state index in [0.717, 1.165) is 29.8 Å². The van der Waals surface area contributed by atoms with Gasteiger partial charge in [0.15, 0.2) is 5.65 Å². The fourth-order valence-corrected chi connectivity index (χ4v) is 2.46. The van der Waals surface area contributed by atoms with Crippen LogP contribution in [-0.2, 0) is 7.05 Å². The van der Waals surface area contributed by atoms with Gasteiger partial charge in [0.2, 0.25) is 0 Å². The molecule has 3 aromatic rings. The van der Waals surface area contributed by atoms with Crippen LogP contribution in [0.15, 0.2) is 42.9 Å². The second-order valence-electron chi connectivity index (χ2n) is 5.25. The van der Waals surface area contributed by atoms with Crippen LogP contribution < -0.4 is 5.32 Å². The smallest absolute Gasteiger partial charge is 0.163 e. The number of nitrogens with one attached hydrogen (secondary N) is 1. The minimum Gasteiger partial charge on any atom is -0.369 e. The Morgan fingerprint density at radius 3 is 2.81 bits per heavy atom. The summed E-state index contributed by atoms with van der Waals surface area (Å²) in [7, 11) is 1.89. The third kappa shape index (κ3) is 2.86. The van der Waals surface area contributed by atoms with Gasteiger partial charge in [-0.15, -0.1) is 0 Å². The summed E-state index contributed by atoms with van der Waals surface area (Å²) < 4.78 is 1.76. The van der Waals surface area contributed by atoms with Crippen LogP contribution in [0, 0.1) is 0 Å². The summed E-state index contributed by atoms with van der Waals surface area (Å²) >= 11 is 0. The summed E-state index contributed by atoms with van der Waals surface area (Å²) in [4.78, 5) is 8.56. The summed E-state index contributed by atoms with van der Waals surface area (Å²) in [6, 6.07) is 10.6. The topological polar surface area (TPSA) is 55.6 Å². The number of hydrogen-bond donors (Lipinski definition) is 1. The van der Waals surface area contributed by atoms with E-state index in [1.807, 2.05) is 7.05 Å². The summed E-state index contributed by atoms with van der Waals surface area (Å²) in [5, 5.41) is 8.58. The molecule has 5 nitrogen and oxygen atoms in total. The minimum absolute atomic E-state index is 0.518. The van der Waals surface area contributed by atoms with Crippen molar-refractivity contribution >= 4 is 16.9 Å². The lowest BCUT2D eigenvalue weighted by Gasteiger charge is -2.12. The van der Waals surface area contributed by atoms with Crippen molar-refractivity contribution in [1.82, 2.24) is 19.7 Å². The van der Waals surface area contributed by atoms with Gasteiger partial charge in [0, 0.05) is 13.6 Å². The molecule has 2 heterocycles. The van der Waals surface area contributed by atoms with Crippen molar-refractivity contribution in [2.45, 2.75) is 19.3 Å². The Bertz CT molecular complexity index is 720. The van der Waals surface area contributed by atoms with Gasteiger partial charge in [0.1, 0.15) is 12.1 Å². The summed E-state index contributed by atoms with van der Waals surface area (Å²) in [5.74, 6) is 1.37. The van der Waals surface area contributed by atoms with Gasteiger partial charge in [0.25, 0.3) is 0 Å². The van der Waals surface area contributed by atoms with Crippen LogP contribution in [0.25, 0.3) is 11.0 Å². The van der Waals surface area contributed by atoms with E-state index in [4.69, 9.17) is 0 Å². The Morgan fingerprint density at radius 1 is 1.19 bits per heavy atom. The molecule has 0 spiro atoms. The van der Waals surface area contributed by atoms with E-state index in [9.17, 15) is 0 Å². The molecule has 0 amide bonds. The number of rotatable bonds is 5. The minimum atomic E-state index is 0.518.